The highest BCUT2D eigenvalue weighted by Gasteiger charge is 2.18. The van der Waals surface area contributed by atoms with Crippen molar-refractivity contribution < 1.29 is 27.8 Å². The third-order valence-corrected chi connectivity index (χ3v) is 4.36. The molecule has 4 rings (SSSR count). The second kappa shape index (κ2) is 7.39. The molecule has 0 spiro atoms. The van der Waals surface area contributed by atoms with E-state index in [1.54, 1.807) is 12.3 Å². The van der Waals surface area contributed by atoms with Crippen molar-refractivity contribution >= 4 is 22.7 Å². The van der Waals surface area contributed by atoms with Gasteiger partial charge in [-0.3, -0.25) is 0 Å². The molecule has 0 unspecified atom stereocenters. The van der Waals surface area contributed by atoms with Gasteiger partial charge in [-0.2, -0.15) is 5.10 Å². The number of pyridine rings is 1. The highest BCUT2D eigenvalue weighted by molar-refractivity contribution is 5.88. The summed E-state index contributed by atoms with van der Waals surface area (Å²) >= 11 is 0. The molecule has 2 aromatic heterocycles. The van der Waals surface area contributed by atoms with Crippen LogP contribution in [0.2, 0.25) is 0 Å². The number of nitrogen functional groups attached to an aromatic ring is 1. The number of hydrogen-bond donors (Lipinski definition) is 2. The molecule has 10 heteroatoms. The lowest BCUT2D eigenvalue weighted by atomic mass is 10.1. The van der Waals surface area contributed by atoms with Gasteiger partial charge >= 0.3 is 5.97 Å². The van der Waals surface area contributed by atoms with Crippen molar-refractivity contribution in [1.82, 2.24) is 14.8 Å². The van der Waals surface area contributed by atoms with Gasteiger partial charge in [0.05, 0.1) is 11.3 Å². The molecule has 2 heterocycles. The Kier molecular flexibility index (Phi) is 4.74. The molecule has 0 amide bonds. The Labute approximate surface area is 167 Å². The van der Waals surface area contributed by atoms with Gasteiger partial charge in [-0.1, -0.05) is 0 Å². The first-order valence-electron chi connectivity index (χ1n) is 8.57. The van der Waals surface area contributed by atoms with Crippen molar-refractivity contribution in [3.63, 3.8) is 0 Å². The van der Waals surface area contributed by atoms with Crippen molar-refractivity contribution in [3.8, 4) is 11.4 Å². The summed E-state index contributed by atoms with van der Waals surface area (Å²) in [6, 6.07) is 6.85. The number of aromatic nitrogens is 3. The van der Waals surface area contributed by atoms with E-state index in [1.165, 1.54) is 16.9 Å². The molecular weight excluding hydrogens is 401 g/mol. The monoisotopic (exact) mass is 414 g/mol. The van der Waals surface area contributed by atoms with Crippen LogP contribution in [0.5, 0.6) is 5.75 Å². The molecule has 0 aliphatic heterocycles. The summed E-state index contributed by atoms with van der Waals surface area (Å²) in [6.45, 7) is -0.231. The van der Waals surface area contributed by atoms with Crippen LogP contribution >= 0.6 is 0 Å². The molecule has 0 fully saturated rings. The van der Waals surface area contributed by atoms with E-state index < -0.39 is 29.0 Å². The molecule has 0 radical (unpaired) electrons. The molecular formula is C20H13F3N4O3. The van der Waals surface area contributed by atoms with Crippen LogP contribution in [0.4, 0.5) is 19.0 Å². The first-order chi connectivity index (χ1) is 14.3. The zero-order valence-electron chi connectivity index (χ0n) is 15.1. The van der Waals surface area contributed by atoms with Crippen molar-refractivity contribution in [2.75, 3.05) is 5.73 Å². The van der Waals surface area contributed by atoms with Crippen LogP contribution in [0.3, 0.4) is 0 Å². The van der Waals surface area contributed by atoms with E-state index in [-0.39, 0.29) is 34.8 Å². The van der Waals surface area contributed by atoms with Crippen LogP contribution in [0.15, 0.2) is 48.8 Å². The minimum absolute atomic E-state index is 0.0279. The molecule has 0 bridgehead atoms. The van der Waals surface area contributed by atoms with E-state index in [4.69, 9.17) is 10.5 Å². The van der Waals surface area contributed by atoms with E-state index in [1.807, 2.05) is 0 Å². The van der Waals surface area contributed by atoms with E-state index in [2.05, 4.69) is 10.1 Å². The summed E-state index contributed by atoms with van der Waals surface area (Å²) in [5.74, 6) is -4.15. The minimum atomic E-state index is -1.45. The quantitative estimate of drug-likeness (QED) is 0.516. The average Bonchev–Trinajstić information content (AvgIpc) is 3.22. The van der Waals surface area contributed by atoms with E-state index in [0.29, 0.717) is 11.6 Å². The van der Waals surface area contributed by atoms with Crippen LogP contribution in [0.1, 0.15) is 15.9 Å². The molecule has 3 N–H and O–H groups in total. The molecule has 0 saturated heterocycles. The van der Waals surface area contributed by atoms with Crippen molar-refractivity contribution in [2.45, 2.75) is 6.61 Å². The lowest BCUT2D eigenvalue weighted by molar-refractivity contribution is 0.0691. The highest BCUT2D eigenvalue weighted by Crippen LogP contribution is 2.29. The summed E-state index contributed by atoms with van der Waals surface area (Å²) in [6.07, 6.45) is 3.03. The molecule has 2 aromatic carbocycles. The molecule has 4 aromatic rings. The molecule has 0 atom stereocenters. The van der Waals surface area contributed by atoms with Gasteiger partial charge in [0.1, 0.15) is 23.8 Å². The number of carboxylic acid groups (broad SMARTS) is 1. The van der Waals surface area contributed by atoms with Gasteiger partial charge in [-0.25, -0.2) is 27.6 Å². The molecule has 7 nitrogen and oxygen atoms in total. The third kappa shape index (κ3) is 3.50. The van der Waals surface area contributed by atoms with Gasteiger partial charge < -0.3 is 15.6 Å². The van der Waals surface area contributed by atoms with Crippen LogP contribution in [0, 0.1) is 17.5 Å². The van der Waals surface area contributed by atoms with E-state index >= 15 is 0 Å². The highest BCUT2D eigenvalue weighted by atomic mass is 19.1. The predicted octanol–water partition coefficient (Wildman–Crippen LogP) is 3.70. The largest absolute Gasteiger partial charge is 0.485 e. The number of fused-ring (bicyclic) bond motifs is 1. The number of ether oxygens (including phenoxy) is 1. The number of nitrogens with zero attached hydrogens (tertiary/aromatic N) is 3. The first kappa shape index (κ1) is 19.2. The number of benzene rings is 2. The van der Waals surface area contributed by atoms with Crippen LogP contribution < -0.4 is 10.5 Å². The van der Waals surface area contributed by atoms with Gasteiger partial charge in [0, 0.05) is 35.5 Å². The number of hydrogen-bond acceptors (Lipinski definition) is 5. The summed E-state index contributed by atoms with van der Waals surface area (Å²) < 4.78 is 48.6. The summed E-state index contributed by atoms with van der Waals surface area (Å²) in [5, 5.41) is 13.4. The number of nitrogens with two attached hydrogens (primary N) is 1. The second-order valence-electron chi connectivity index (χ2n) is 6.34. The summed E-state index contributed by atoms with van der Waals surface area (Å²) in [5.41, 5.74) is 5.71. The fourth-order valence-corrected chi connectivity index (χ4v) is 2.99. The van der Waals surface area contributed by atoms with Gasteiger partial charge in [0.15, 0.2) is 17.4 Å². The first-order valence-corrected chi connectivity index (χ1v) is 8.57. The summed E-state index contributed by atoms with van der Waals surface area (Å²) in [4.78, 5) is 15.2. The Morgan fingerprint density at radius 1 is 1.13 bits per heavy atom. The predicted molar refractivity (Wildman–Crippen MR) is 101 cm³/mol. The van der Waals surface area contributed by atoms with Crippen molar-refractivity contribution in [2.24, 2.45) is 0 Å². The molecule has 30 heavy (non-hydrogen) atoms. The smallest absolute Gasteiger partial charge is 0.338 e. The normalized spacial score (nSPS) is 11.0. The Hall–Kier alpha value is -4.08. The number of carboxylic acids is 1. The number of carbonyl (C=O) groups is 1. The average molecular weight is 414 g/mol. The van der Waals surface area contributed by atoms with Gasteiger partial charge in [0.2, 0.25) is 0 Å². The maximum Gasteiger partial charge on any atom is 0.338 e. The lowest BCUT2D eigenvalue weighted by Crippen LogP contribution is -2.10. The molecule has 0 saturated carbocycles. The van der Waals surface area contributed by atoms with Crippen molar-refractivity contribution in [3.05, 3.63) is 77.4 Å². The maximum atomic E-state index is 14.2. The van der Waals surface area contributed by atoms with E-state index in [0.717, 1.165) is 18.2 Å². The SMILES string of the molecule is Nc1nc2c(F)cc(F)cc2cc1OCc1cc(C(=O)O)c(F)cc1-n1cccn1. The van der Waals surface area contributed by atoms with Crippen LogP contribution in [0.25, 0.3) is 16.6 Å². The third-order valence-electron chi connectivity index (χ3n) is 4.36. The molecule has 0 aliphatic carbocycles. The van der Waals surface area contributed by atoms with Gasteiger partial charge in [-0.05, 0) is 24.3 Å². The minimum Gasteiger partial charge on any atom is -0.485 e. The second-order valence-corrected chi connectivity index (χ2v) is 6.34. The Morgan fingerprint density at radius 3 is 2.63 bits per heavy atom. The standard InChI is InChI=1S/C20H13F3N4O3/c21-12-4-10-6-17(19(24)26-18(10)15(23)7-12)30-9-11-5-13(20(28)29)14(22)8-16(11)27-3-1-2-25-27/h1-8H,9H2,(H2,24,26)(H,28,29). The molecule has 152 valence electrons. The lowest BCUT2D eigenvalue weighted by Gasteiger charge is -2.14. The number of aromatic carboxylic acids is 1. The maximum absolute atomic E-state index is 14.2. The number of halogens is 3. The van der Waals surface area contributed by atoms with E-state index in [9.17, 15) is 23.1 Å². The molecule has 0 aliphatic rings. The topological polar surface area (TPSA) is 103 Å². The Balaban J connectivity index is 1.73. The fourth-order valence-electron chi connectivity index (χ4n) is 2.99. The Morgan fingerprint density at radius 2 is 1.93 bits per heavy atom. The zero-order chi connectivity index (χ0) is 21.4. The van der Waals surface area contributed by atoms with Crippen LogP contribution in [-0.2, 0) is 6.61 Å². The summed E-state index contributed by atoms with van der Waals surface area (Å²) in [7, 11) is 0. The number of rotatable bonds is 5. The van der Waals surface area contributed by atoms with Gasteiger partial charge in [0.25, 0.3) is 0 Å². The number of anilines is 1. The van der Waals surface area contributed by atoms with Gasteiger partial charge in [-0.15, -0.1) is 0 Å². The fraction of sp³-hybridized carbons (Fsp3) is 0.0500. The Bertz CT molecular complexity index is 1280. The zero-order valence-corrected chi connectivity index (χ0v) is 15.1. The van der Waals surface area contributed by atoms with Crippen molar-refractivity contribution in [1.29, 1.82) is 0 Å². The van der Waals surface area contributed by atoms with Crippen LogP contribution in [-0.4, -0.2) is 25.8 Å².